The normalized spacial score (nSPS) is 26.4. The van der Waals surface area contributed by atoms with E-state index in [-0.39, 0.29) is 18.8 Å². The van der Waals surface area contributed by atoms with E-state index in [1.54, 1.807) is 25.1 Å². The van der Waals surface area contributed by atoms with Crippen molar-refractivity contribution in [2.75, 3.05) is 32.7 Å². The van der Waals surface area contributed by atoms with Crippen molar-refractivity contribution in [3.8, 4) is 0 Å². The second-order valence-electron chi connectivity index (χ2n) is 5.97. The van der Waals surface area contributed by atoms with Gasteiger partial charge < -0.3 is 24.6 Å². The molecule has 0 bridgehead atoms. The van der Waals surface area contributed by atoms with Crippen molar-refractivity contribution in [2.45, 2.75) is 44.3 Å². The van der Waals surface area contributed by atoms with Gasteiger partial charge in [0.1, 0.15) is 24.6 Å². The molecular formula is C16H25N5O4. The van der Waals surface area contributed by atoms with Crippen LogP contribution in [0.3, 0.4) is 0 Å². The maximum Gasteiger partial charge on any atom is 0.167 e. The Balaban J connectivity index is 1.92. The number of rotatable bonds is 8. The molecule has 9 heteroatoms. The molecule has 0 unspecified atom stereocenters. The Morgan fingerprint density at radius 1 is 1.24 bits per heavy atom. The third kappa shape index (κ3) is 3.32. The van der Waals surface area contributed by atoms with E-state index in [0.29, 0.717) is 17.0 Å². The number of ether oxygens (including phenoxy) is 3. The maximum absolute atomic E-state index is 9.55. The third-order valence-corrected chi connectivity index (χ3v) is 4.47. The Bertz CT molecular complexity index is 694. The van der Waals surface area contributed by atoms with Crippen molar-refractivity contribution in [2.24, 2.45) is 0 Å². The van der Waals surface area contributed by atoms with Crippen LogP contribution in [0, 0.1) is 0 Å². The number of fused-ring (bicyclic) bond motifs is 1. The molecule has 3 heterocycles. The zero-order valence-corrected chi connectivity index (χ0v) is 14.8. The van der Waals surface area contributed by atoms with Gasteiger partial charge in [0.15, 0.2) is 23.2 Å². The van der Waals surface area contributed by atoms with E-state index in [2.05, 4.69) is 27.2 Å². The monoisotopic (exact) mass is 351 g/mol. The van der Waals surface area contributed by atoms with Crippen LogP contribution in [0.15, 0.2) is 12.7 Å². The lowest BCUT2D eigenvalue weighted by atomic mass is 10.1. The predicted octanol–water partition coefficient (Wildman–Crippen LogP) is 0.958. The van der Waals surface area contributed by atoms with E-state index < -0.39 is 12.3 Å². The second kappa shape index (κ2) is 8.05. The summed E-state index contributed by atoms with van der Waals surface area (Å²) >= 11 is 0. The molecule has 2 aromatic rings. The second-order valence-corrected chi connectivity index (χ2v) is 5.97. The number of nitrogens with one attached hydrogen (secondary N) is 1. The van der Waals surface area contributed by atoms with E-state index in [1.165, 1.54) is 6.33 Å². The van der Waals surface area contributed by atoms with Gasteiger partial charge >= 0.3 is 0 Å². The minimum Gasteiger partial charge on any atom is -0.394 e. The molecule has 9 nitrogen and oxygen atoms in total. The molecule has 1 aliphatic heterocycles. The summed E-state index contributed by atoms with van der Waals surface area (Å²) in [4.78, 5) is 13.1. The molecule has 1 fully saturated rings. The zero-order chi connectivity index (χ0) is 17.8. The molecule has 0 aliphatic carbocycles. The van der Waals surface area contributed by atoms with Crippen molar-refractivity contribution in [3.05, 3.63) is 12.7 Å². The van der Waals surface area contributed by atoms with Crippen molar-refractivity contribution < 1.29 is 19.3 Å². The molecule has 0 radical (unpaired) electrons. The highest BCUT2D eigenvalue weighted by Gasteiger charge is 2.46. The topological polar surface area (TPSA) is 104 Å². The van der Waals surface area contributed by atoms with Crippen LogP contribution < -0.4 is 5.32 Å². The summed E-state index contributed by atoms with van der Waals surface area (Å²) in [6.45, 7) is 2.81. The molecule has 0 saturated carbocycles. The number of aliphatic hydroxyl groups is 1. The summed E-state index contributed by atoms with van der Waals surface area (Å²) in [5.41, 5.74) is 1.33. The van der Waals surface area contributed by atoms with Gasteiger partial charge in [0.05, 0.1) is 12.9 Å². The first-order valence-corrected chi connectivity index (χ1v) is 8.48. The predicted molar refractivity (Wildman–Crippen MR) is 91.3 cm³/mol. The number of unbranched alkanes of at least 4 members (excludes halogenated alkanes) is 1. The Labute approximate surface area is 146 Å². The van der Waals surface area contributed by atoms with Gasteiger partial charge in [0.2, 0.25) is 0 Å². The number of hydrogen-bond donors (Lipinski definition) is 2. The molecule has 3 rings (SSSR count). The van der Waals surface area contributed by atoms with Crippen molar-refractivity contribution >= 4 is 17.0 Å². The van der Waals surface area contributed by atoms with Gasteiger partial charge in [0, 0.05) is 20.8 Å². The molecule has 0 spiro atoms. The first kappa shape index (κ1) is 18.0. The number of hydrogen-bond acceptors (Lipinski definition) is 8. The lowest BCUT2D eigenvalue weighted by Gasteiger charge is -2.21. The number of aliphatic hydroxyl groups excluding tert-OH is 1. The molecule has 4 atom stereocenters. The van der Waals surface area contributed by atoms with Crippen molar-refractivity contribution in [1.82, 2.24) is 19.5 Å². The third-order valence-electron chi connectivity index (χ3n) is 4.47. The van der Waals surface area contributed by atoms with Crippen LogP contribution in [0.2, 0.25) is 0 Å². The van der Waals surface area contributed by atoms with Crippen LogP contribution in [0.25, 0.3) is 11.2 Å². The molecule has 25 heavy (non-hydrogen) atoms. The first-order valence-electron chi connectivity index (χ1n) is 8.48. The molecule has 1 aliphatic rings. The minimum absolute atomic E-state index is 0.152. The van der Waals surface area contributed by atoms with Gasteiger partial charge in [-0.1, -0.05) is 13.3 Å². The fourth-order valence-corrected chi connectivity index (χ4v) is 3.17. The summed E-state index contributed by atoms with van der Waals surface area (Å²) in [7, 11) is 3.17. The number of nitrogens with zero attached hydrogens (tertiary/aromatic N) is 4. The largest absolute Gasteiger partial charge is 0.394 e. The maximum atomic E-state index is 9.55. The van der Waals surface area contributed by atoms with Gasteiger partial charge in [-0.25, -0.2) is 15.0 Å². The fourth-order valence-electron chi connectivity index (χ4n) is 3.17. The smallest absolute Gasteiger partial charge is 0.167 e. The van der Waals surface area contributed by atoms with Crippen LogP contribution in [0.4, 0.5) is 5.82 Å². The number of anilines is 1. The quantitative estimate of drug-likeness (QED) is 0.678. The molecule has 0 aromatic carbocycles. The van der Waals surface area contributed by atoms with Gasteiger partial charge in [-0.3, -0.25) is 4.57 Å². The number of imidazole rings is 1. The molecule has 2 N–H and O–H groups in total. The Hall–Kier alpha value is -1.81. The number of aromatic nitrogens is 4. The average Bonchev–Trinajstić information content (AvgIpc) is 3.22. The summed E-state index contributed by atoms with van der Waals surface area (Å²) < 4.78 is 18.8. The molecular weight excluding hydrogens is 326 g/mol. The van der Waals surface area contributed by atoms with Gasteiger partial charge in [-0.05, 0) is 6.42 Å². The molecule has 1 saturated heterocycles. The first-order chi connectivity index (χ1) is 12.2. The fraction of sp³-hybridized carbons (Fsp3) is 0.688. The summed E-state index contributed by atoms with van der Waals surface area (Å²) in [5, 5.41) is 12.8. The lowest BCUT2D eigenvalue weighted by Crippen LogP contribution is -2.36. The van der Waals surface area contributed by atoms with Gasteiger partial charge in [0.25, 0.3) is 0 Å². The lowest BCUT2D eigenvalue weighted by molar-refractivity contribution is -0.0583. The number of methoxy groups -OCH3 is 2. The Kier molecular flexibility index (Phi) is 5.79. The van der Waals surface area contributed by atoms with Gasteiger partial charge in [-0.2, -0.15) is 0 Å². The van der Waals surface area contributed by atoms with E-state index in [0.717, 1.165) is 19.4 Å². The van der Waals surface area contributed by atoms with Crippen LogP contribution >= 0.6 is 0 Å². The Morgan fingerprint density at radius 3 is 2.72 bits per heavy atom. The molecule has 0 amide bonds. The van der Waals surface area contributed by atoms with Crippen molar-refractivity contribution in [1.29, 1.82) is 0 Å². The standard InChI is InChI=1S/C16H25N5O4/c1-4-5-6-17-14-11-15(19-8-18-14)21(9-20-11)16-13(24-3)12(23-2)10(7-22)25-16/h8-10,12-13,16,22H,4-7H2,1-3H3,(H,17,18,19)/t10-,12-,13-,16-/m1/s1. The summed E-state index contributed by atoms with van der Waals surface area (Å²) in [6, 6.07) is 0. The Morgan fingerprint density at radius 2 is 2.04 bits per heavy atom. The van der Waals surface area contributed by atoms with Crippen molar-refractivity contribution in [3.63, 3.8) is 0 Å². The molecule has 2 aromatic heterocycles. The van der Waals surface area contributed by atoms with E-state index in [4.69, 9.17) is 14.2 Å². The zero-order valence-electron chi connectivity index (χ0n) is 14.8. The highest BCUT2D eigenvalue weighted by Crippen LogP contribution is 2.35. The minimum atomic E-state index is -0.490. The SMILES string of the molecule is CCCCNc1ncnc2c1ncn2[C@@H]1O[C@H](CO)[C@@H](OC)[C@H]1OC. The van der Waals surface area contributed by atoms with Gasteiger partial charge in [-0.15, -0.1) is 0 Å². The highest BCUT2D eigenvalue weighted by atomic mass is 16.6. The summed E-state index contributed by atoms with van der Waals surface area (Å²) in [5.74, 6) is 0.700. The molecule has 138 valence electrons. The van der Waals surface area contributed by atoms with E-state index in [9.17, 15) is 5.11 Å². The average molecular weight is 351 g/mol. The van der Waals surface area contributed by atoms with E-state index in [1.807, 2.05) is 0 Å². The van der Waals surface area contributed by atoms with Crippen LogP contribution in [0.5, 0.6) is 0 Å². The van der Waals surface area contributed by atoms with Crippen LogP contribution in [-0.2, 0) is 14.2 Å². The van der Waals surface area contributed by atoms with E-state index >= 15 is 0 Å². The van der Waals surface area contributed by atoms with Crippen LogP contribution in [0.1, 0.15) is 26.0 Å². The highest BCUT2D eigenvalue weighted by molar-refractivity contribution is 5.82. The van der Waals surface area contributed by atoms with Crippen LogP contribution in [-0.4, -0.2) is 70.3 Å². The summed E-state index contributed by atoms with van der Waals surface area (Å²) in [6.07, 6.45) is 3.60.